The third kappa shape index (κ3) is 67.1. The Morgan fingerprint density at radius 1 is 1.33 bits per heavy atom. The fourth-order valence-electron chi connectivity index (χ4n) is 0. The van der Waals surface area contributed by atoms with Crippen LogP contribution in [0, 0.1) is 0 Å². The molecule has 40 valence electrons. The van der Waals surface area contributed by atoms with E-state index in [2.05, 4.69) is 27.9 Å². The Morgan fingerprint density at radius 3 is 1.33 bits per heavy atom. The molecular weight excluding hydrogens is 204 g/mol. The summed E-state index contributed by atoms with van der Waals surface area (Å²) in [5.74, 6) is 0. The SMILES string of the molecule is [CH-]=O.[Fe].[S]=[Fe]=[S]. The van der Waals surface area contributed by atoms with Crippen molar-refractivity contribution in [2.75, 3.05) is 0 Å². The van der Waals surface area contributed by atoms with Crippen LogP contribution in [0.4, 0.5) is 0 Å². The van der Waals surface area contributed by atoms with Gasteiger partial charge in [0.25, 0.3) is 0 Å². The van der Waals surface area contributed by atoms with E-state index in [0.29, 0.717) is 11.7 Å². The third-order valence-electron chi connectivity index (χ3n) is 0. The molecule has 0 aliphatic carbocycles. The normalized spacial score (nSPS) is 3.33. The molecule has 0 heterocycles. The molecule has 0 unspecified atom stereocenters. The summed E-state index contributed by atoms with van der Waals surface area (Å²) in [5, 5.41) is 0. The van der Waals surface area contributed by atoms with Gasteiger partial charge in [-0.15, -0.1) is 0 Å². The number of hydrogen-bond acceptors (Lipinski definition) is 3. The molecule has 1 nitrogen and oxygen atoms in total. The van der Waals surface area contributed by atoms with Crippen LogP contribution in [0.25, 0.3) is 0 Å². The Labute approximate surface area is 61.2 Å². The molecule has 0 saturated heterocycles. The molecule has 0 N–H and O–H groups in total. The maximum atomic E-state index is 7.75. The standard InChI is InChI=1S/CHO.2Fe.2S/c1-2;;;;/h1H;;;;/q-1;;;;. The molecule has 0 atom stereocenters. The second-order valence-corrected chi connectivity index (χ2v) is 2.19. The predicted molar refractivity (Wildman–Crippen MR) is 21.9 cm³/mol. The first-order valence-electron chi connectivity index (χ1n) is 0.524. The minimum absolute atomic E-state index is 0. The molecule has 0 aromatic heterocycles. The zero-order chi connectivity index (χ0) is 4.71. The first-order valence-corrected chi connectivity index (χ1v) is 3.81. The van der Waals surface area contributed by atoms with E-state index in [4.69, 9.17) is 4.79 Å². The monoisotopic (exact) mass is 205 g/mol. The molecule has 5 heteroatoms. The van der Waals surface area contributed by atoms with Gasteiger partial charge in [0.2, 0.25) is 0 Å². The number of hydrogen-bond donors (Lipinski definition) is 0. The van der Waals surface area contributed by atoms with Gasteiger partial charge in [-0.3, -0.25) is 6.79 Å². The van der Waals surface area contributed by atoms with Crippen molar-refractivity contribution in [3.8, 4) is 0 Å². The summed E-state index contributed by atoms with van der Waals surface area (Å²) < 4.78 is 0. The summed E-state index contributed by atoms with van der Waals surface area (Å²) in [6, 6.07) is 0. The van der Waals surface area contributed by atoms with Crippen molar-refractivity contribution in [2.45, 2.75) is 0 Å². The molecule has 0 radical (unpaired) electrons. The van der Waals surface area contributed by atoms with E-state index in [0.717, 1.165) is 0 Å². The van der Waals surface area contributed by atoms with Crippen molar-refractivity contribution in [1.82, 2.24) is 0 Å². The van der Waals surface area contributed by atoms with E-state index in [-0.39, 0.29) is 17.1 Å². The van der Waals surface area contributed by atoms with Crippen molar-refractivity contribution in [1.29, 1.82) is 0 Å². The van der Waals surface area contributed by atoms with Gasteiger partial charge in [0.05, 0.1) is 0 Å². The van der Waals surface area contributed by atoms with Gasteiger partial charge >= 0.3 is 32.8 Å². The maximum absolute atomic E-state index is 7.75. The van der Waals surface area contributed by atoms with E-state index in [1.165, 1.54) is 0 Å². The summed E-state index contributed by atoms with van der Waals surface area (Å²) >= 11 is 0.417. The summed E-state index contributed by atoms with van der Waals surface area (Å²) in [7, 11) is 8.42. The first-order chi connectivity index (χ1) is 2.41. The van der Waals surface area contributed by atoms with E-state index in [1.807, 2.05) is 0 Å². The molecule has 0 aliphatic heterocycles. The molecule has 0 spiro atoms. The van der Waals surface area contributed by atoms with E-state index in [9.17, 15) is 0 Å². The van der Waals surface area contributed by atoms with Crippen molar-refractivity contribution < 1.29 is 33.6 Å². The molecule has 0 rings (SSSR count). The van der Waals surface area contributed by atoms with Crippen LogP contribution in [0.3, 0.4) is 0 Å². The minimum atomic E-state index is 0. The van der Waals surface area contributed by atoms with E-state index in [1.54, 1.807) is 0 Å². The topological polar surface area (TPSA) is 17.1 Å². The van der Waals surface area contributed by atoms with Crippen LogP contribution in [0.15, 0.2) is 0 Å². The van der Waals surface area contributed by atoms with Crippen molar-refractivity contribution in [3.05, 3.63) is 0 Å². The number of carbonyl (C=O) groups excluding carboxylic acids is 1. The van der Waals surface area contributed by atoms with Gasteiger partial charge in [-0.2, -0.15) is 0 Å². The Hall–Kier alpha value is 1.15. The summed E-state index contributed by atoms with van der Waals surface area (Å²) in [5.41, 5.74) is 0. The number of rotatable bonds is 0. The van der Waals surface area contributed by atoms with E-state index >= 15 is 0 Å². The molecule has 0 aliphatic rings. The third-order valence-corrected chi connectivity index (χ3v) is 0. The zero-order valence-corrected chi connectivity index (χ0v) is 6.35. The van der Waals surface area contributed by atoms with Gasteiger partial charge in [0.1, 0.15) is 0 Å². The van der Waals surface area contributed by atoms with Gasteiger partial charge < -0.3 is 4.79 Å². The molecule has 0 amide bonds. The second-order valence-electron chi connectivity index (χ2n) is 0.0589. The van der Waals surface area contributed by atoms with Crippen LogP contribution in [-0.2, 0) is 33.6 Å². The van der Waals surface area contributed by atoms with Crippen molar-refractivity contribution >= 4 is 27.9 Å². The van der Waals surface area contributed by atoms with Gasteiger partial charge in [-0.1, -0.05) is 0 Å². The molecule has 0 saturated carbocycles. The van der Waals surface area contributed by atoms with Gasteiger partial charge in [-0.05, 0) is 0 Å². The van der Waals surface area contributed by atoms with Crippen LogP contribution in [0.5, 0.6) is 0 Å². The Bertz CT molecular complexity index is 40.8. The average molecular weight is 205 g/mol. The van der Waals surface area contributed by atoms with Crippen LogP contribution in [0.2, 0.25) is 0 Å². The molecule has 0 aromatic carbocycles. The Morgan fingerprint density at radius 2 is 1.33 bits per heavy atom. The summed E-state index contributed by atoms with van der Waals surface area (Å²) in [6.07, 6.45) is 0. The zero-order valence-electron chi connectivity index (χ0n) is 2.51. The molecule has 0 fully saturated rings. The molecule has 0 bridgehead atoms. The van der Waals surface area contributed by atoms with Crippen molar-refractivity contribution in [3.63, 3.8) is 0 Å². The average Bonchev–Trinajstić information content (AvgIpc) is 1.46. The van der Waals surface area contributed by atoms with Crippen molar-refractivity contribution in [2.24, 2.45) is 0 Å². The molecular formula is CHFe2OS2-. The van der Waals surface area contributed by atoms with Crippen LogP contribution in [-0.4, -0.2) is 6.79 Å². The Kier molecular flexibility index (Phi) is 92.4. The summed E-state index contributed by atoms with van der Waals surface area (Å²) in [6.45, 7) is 3.25. The first kappa shape index (κ1) is 15.7. The fourth-order valence-corrected chi connectivity index (χ4v) is 0. The predicted octanol–water partition coefficient (Wildman–Crippen LogP) is 1.02. The van der Waals surface area contributed by atoms with Crippen LogP contribution < -0.4 is 0 Å². The Balaban J connectivity index is -0.0000000275. The van der Waals surface area contributed by atoms with E-state index < -0.39 is 0 Å². The second kappa shape index (κ2) is 35.3. The molecule has 0 aromatic rings. The van der Waals surface area contributed by atoms with Gasteiger partial charge in [0, 0.05) is 17.1 Å². The molecule has 6 heavy (non-hydrogen) atoms. The fraction of sp³-hybridized carbons (Fsp3) is 0. The quantitative estimate of drug-likeness (QED) is 0.333. The van der Waals surface area contributed by atoms with Crippen LogP contribution >= 0.6 is 21.1 Å². The van der Waals surface area contributed by atoms with Gasteiger partial charge in [-0.25, -0.2) is 0 Å². The summed E-state index contributed by atoms with van der Waals surface area (Å²) in [4.78, 5) is 7.75. The van der Waals surface area contributed by atoms with Crippen LogP contribution in [0.1, 0.15) is 0 Å². The van der Waals surface area contributed by atoms with Gasteiger partial charge in [0.15, 0.2) is 0 Å².